The van der Waals surface area contributed by atoms with Crippen LogP contribution < -0.4 is 5.32 Å². The van der Waals surface area contributed by atoms with E-state index in [0.717, 1.165) is 11.8 Å². The highest BCUT2D eigenvalue weighted by Gasteiger charge is 2.17. The molecule has 3 nitrogen and oxygen atoms in total. The van der Waals surface area contributed by atoms with Crippen molar-refractivity contribution < 1.29 is 8.78 Å². The van der Waals surface area contributed by atoms with E-state index in [1.807, 2.05) is 16.9 Å². The highest BCUT2D eigenvalue weighted by molar-refractivity contribution is 5.45. The Morgan fingerprint density at radius 3 is 2.80 bits per heavy atom. The maximum Gasteiger partial charge on any atom is 0.181 e. The molecule has 1 aliphatic rings. The predicted octanol–water partition coefficient (Wildman–Crippen LogP) is 3.89. The van der Waals surface area contributed by atoms with Crippen LogP contribution in [0.3, 0.4) is 0 Å². The Balaban J connectivity index is 1.65. The van der Waals surface area contributed by atoms with Gasteiger partial charge in [0.15, 0.2) is 11.6 Å². The van der Waals surface area contributed by atoms with Gasteiger partial charge in [0.05, 0.1) is 24.0 Å². The zero-order chi connectivity index (χ0) is 13.9. The number of halogens is 2. The Kier molecular flexibility index (Phi) is 3.67. The Labute approximate surface area is 116 Å². The lowest BCUT2D eigenvalue weighted by atomic mass is 10.3. The zero-order valence-electron chi connectivity index (χ0n) is 11.1. The van der Waals surface area contributed by atoms with Crippen LogP contribution in [-0.2, 0) is 6.54 Å². The third-order valence-electron chi connectivity index (χ3n) is 3.77. The molecule has 1 fully saturated rings. The number of benzene rings is 1. The minimum Gasteiger partial charge on any atom is -0.377 e. The average Bonchev–Trinajstić information content (AvgIpc) is 3.10. The molecule has 0 amide bonds. The van der Waals surface area contributed by atoms with Crippen LogP contribution in [0.4, 0.5) is 14.5 Å². The van der Waals surface area contributed by atoms with E-state index in [-0.39, 0.29) is 5.69 Å². The van der Waals surface area contributed by atoms with Crippen molar-refractivity contribution in [3.05, 3.63) is 47.8 Å². The van der Waals surface area contributed by atoms with Crippen molar-refractivity contribution in [2.45, 2.75) is 38.3 Å². The third kappa shape index (κ3) is 2.66. The first kappa shape index (κ1) is 13.1. The van der Waals surface area contributed by atoms with Gasteiger partial charge in [-0.2, -0.15) is 5.10 Å². The number of hydrogen-bond donors (Lipinski definition) is 1. The van der Waals surface area contributed by atoms with E-state index >= 15 is 0 Å². The van der Waals surface area contributed by atoms with Crippen LogP contribution in [0.25, 0.3) is 0 Å². The lowest BCUT2D eigenvalue weighted by Crippen LogP contribution is -2.07. The fourth-order valence-corrected chi connectivity index (χ4v) is 2.67. The van der Waals surface area contributed by atoms with Gasteiger partial charge in [0, 0.05) is 6.20 Å². The van der Waals surface area contributed by atoms with Gasteiger partial charge in [-0.05, 0) is 31.0 Å². The first-order valence-corrected chi connectivity index (χ1v) is 6.96. The SMILES string of the molecule is Fc1cccc(NCc2ccn(C3CCCC3)n2)c1F. The molecule has 0 bridgehead atoms. The quantitative estimate of drug-likeness (QED) is 0.919. The molecule has 3 rings (SSSR count). The van der Waals surface area contributed by atoms with Crippen molar-refractivity contribution in [2.75, 3.05) is 5.32 Å². The fraction of sp³-hybridized carbons (Fsp3) is 0.400. The normalized spacial score (nSPS) is 15.7. The van der Waals surface area contributed by atoms with Gasteiger partial charge in [-0.1, -0.05) is 18.9 Å². The molecule has 0 saturated heterocycles. The average molecular weight is 277 g/mol. The topological polar surface area (TPSA) is 29.9 Å². The van der Waals surface area contributed by atoms with Crippen LogP contribution >= 0.6 is 0 Å². The van der Waals surface area contributed by atoms with Gasteiger partial charge in [-0.15, -0.1) is 0 Å². The summed E-state index contributed by atoms with van der Waals surface area (Å²) < 4.78 is 28.6. The smallest absolute Gasteiger partial charge is 0.181 e. The molecule has 0 radical (unpaired) electrons. The van der Waals surface area contributed by atoms with Crippen LogP contribution in [0.1, 0.15) is 37.4 Å². The van der Waals surface area contributed by atoms with Crippen molar-refractivity contribution in [3.8, 4) is 0 Å². The van der Waals surface area contributed by atoms with E-state index in [1.54, 1.807) is 0 Å². The van der Waals surface area contributed by atoms with Crippen molar-refractivity contribution in [1.82, 2.24) is 9.78 Å². The number of nitrogens with zero attached hydrogens (tertiary/aromatic N) is 2. The minimum absolute atomic E-state index is 0.167. The second-order valence-electron chi connectivity index (χ2n) is 5.18. The lowest BCUT2D eigenvalue weighted by Gasteiger charge is -2.09. The van der Waals surface area contributed by atoms with Crippen LogP contribution in [0, 0.1) is 11.6 Å². The molecule has 1 aromatic carbocycles. The molecule has 0 aliphatic heterocycles. The highest BCUT2D eigenvalue weighted by Crippen LogP contribution is 2.28. The maximum absolute atomic E-state index is 13.5. The number of nitrogens with one attached hydrogen (secondary N) is 1. The van der Waals surface area contributed by atoms with Gasteiger partial charge >= 0.3 is 0 Å². The Morgan fingerprint density at radius 2 is 2.00 bits per heavy atom. The summed E-state index contributed by atoms with van der Waals surface area (Å²) in [5.41, 5.74) is 1.00. The molecule has 106 valence electrons. The largest absolute Gasteiger partial charge is 0.377 e. The molecule has 1 aliphatic carbocycles. The molecule has 1 N–H and O–H groups in total. The molecule has 0 unspecified atom stereocenters. The summed E-state index contributed by atoms with van der Waals surface area (Å²) in [6, 6.07) is 6.52. The Hall–Kier alpha value is -1.91. The summed E-state index contributed by atoms with van der Waals surface area (Å²) in [5, 5.41) is 7.38. The van der Waals surface area contributed by atoms with Crippen molar-refractivity contribution in [3.63, 3.8) is 0 Å². The van der Waals surface area contributed by atoms with E-state index in [0.29, 0.717) is 12.6 Å². The number of rotatable bonds is 4. The van der Waals surface area contributed by atoms with Gasteiger partial charge < -0.3 is 5.32 Å². The predicted molar refractivity (Wildman–Crippen MR) is 73.4 cm³/mol. The molecule has 0 atom stereocenters. The molecule has 1 saturated carbocycles. The summed E-state index contributed by atoms with van der Waals surface area (Å²) in [4.78, 5) is 0. The van der Waals surface area contributed by atoms with Crippen LogP contribution in [0.2, 0.25) is 0 Å². The van der Waals surface area contributed by atoms with Crippen molar-refractivity contribution in [2.24, 2.45) is 0 Å². The molecular formula is C15H17F2N3. The molecule has 20 heavy (non-hydrogen) atoms. The molecular weight excluding hydrogens is 260 g/mol. The van der Waals surface area contributed by atoms with E-state index in [2.05, 4.69) is 10.4 Å². The van der Waals surface area contributed by atoms with Gasteiger partial charge in [0.1, 0.15) is 0 Å². The standard InChI is InChI=1S/C15H17F2N3/c16-13-6-3-7-14(15(13)17)18-10-11-8-9-20(19-11)12-4-1-2-5-12/h3,6-9,12,18H,1-2,4-5,10H2. The van der Waals surface area contributed by atoms with E-state index < -0.39 is 11.6 Å². The van der Waals surface area contributed by atoms with Gasteiger partial charge in [-0.3, -0.25) is 4.68 Å². The van der Waals surface area contributed by atoms with E-state index in [9.17, 15) is 8.78 Å². The summed E-state index contributed by atoms with van der Waals surface area (Å²) >= 11 is 0. The summed E-state index contributed by atoms with van der Waals surface area (Å²) in [6.45, 7) is 0.389. The lowest BCUT2D eigenvalue weighted by molar-refractivity contribution is 0.463. The number of hydrogen-bond acceptors (Lipinski definition) is 2. The molecule has 2 aromatic rings. The van der Waals surface area contributed by atoms with Crippen molar-refractivity contribution >= 4 is 5.69 Å². The molecule has 1 heterocycles. The van der Waals surface area contributed by atoms with Crippen LogP contribution in [-0.4, -0.2) is 9.78 Å². The monoisotopic (exact) mass is 277 g/mol. The van der Waals surface area contributed by atoms with Crippen molar-refractivity contribution in [1.29, 1.82) is 0 Å². The molecule has 5 heteroatoms. The second kappa shape index (κ2) is 5.61. The summed E-state index contributed by atoms with van der Waals surface area (Å²) in [7, 11) is 0. The van der Waals surface area contributed by atoms with Gasteiger partial charge in [0.25, 0.3) is 0 Å². The summed E-state index contributed by atoms with van der Waals surface area (Å²) in [6.07, 6.45) is 6.83. The second-order valence-corrected chi connectivity index (χ2v) is 5.18. The number of aromatic nitrogens is 2. The summed E-state index contributed by atoms with van der Waals surface area (Å²) in [5.74, 6) is -1.69. The Morgan fingerprint density at radius 1 is 1.20 bits per heavy atom. The van der Waals surface area contributed by atoms with E-state index in [4.69, 9.17) is 0 Å². The zero-order valence-corrected chi connectivity index (χ0v) is 11.1. The first-order chi connectivity index (χ1) is 9.74. The highest BCUT2D eigenvalue weighted by atomic mass is 19.2. The van der Waals surface area contributed by atoms with Crippen LogP contribution in [0.15, 0.2) is 30.5 Å². The van der Waals surface area contributed by atoms with E-state index in [1.165, 1.54) is 37.8 Å². The number of anilines is 1. The Bertz CT molecular complexity index is 589. The minimum atomic E-state index is -0.845. The third-order valence-corrected chi connectivity index (χ3v) is 3.77. The van der Waals surface area contributed by atoms with Gasteiger partial charge in [-0.25, -0.2) is 8.78 Å². The van der Waals surface area contributed by atoms with Crippen LogP contribution in [0.5, 0.6) is 0 Å². The van der Waals surface area contributed by atoms with Gasteiger partial charge in [0.2, 0.25) is 0 Å². The molecule has 1 aromatic heterocycles. The fourth-order valence-electron chi connectivity index (χ4n) is 2.67. The molecule has 0 spiro atoms. The maximum atomic E-state index is 13.5. The first-order valence-electron chi connectivity index (χ1n) is 6.96.